The van der Waals surface area contributed by atoms with E-state index in [1.54, 1.807) is 18.2 Å². The van der Waals surface area contributed by atoms with Crippen LogP contribution in [0.2, 0.25) is 5.15 Å². The van der Waals surface area contributed by atoms with Crippen LogP contribution in [0.25, 0.3) is 0 Å². The van der Waals surface area contributed by atoms with Crippen LogP contribution >= 0.6 is 34.2 Å². The monoisotopic (exact) mass is 331 g/mol. The fraction of sp³-hybridized carbons (Fsp3) is 0. The Balaban J connectivity index is 2.22. The maximum Gasteiger partial charge on any atom is 0.220 e. The highest BCUT2D eigenvalue weighted by atomic mass is 127. The lowest BCUT2D eigenvalue weighted by Gasteiger charge is -2.04. The van der Waals surface area contributed by atoms with Gasteiger partial charge in [0.15, 0.2) is 0 Å². The first-order chi connectivity index (χ1) is 7.24. The van der Waals surface area contributed by atoms with Crippen molar-refractivity contribution >= 4 is 34.2 Å². The first-order valence-electron chi connectivity index (χ1n) is 4.30. The molecule has 1 aromatic heterocycles. The molecule has 0 aliphatic heterocycles. The standard InChI is InChI=1S/C11H7ClINO/c12-10-5-2-6-11(14-10)15-9-4-1-3-8(13)7-9/h1-7H. The average Bonchev–Trinajstić information content (AvgIpc) is 2.17. The Kier molecular flexibility index (Phi) is 3.43. The van der Waals surface area contributed by atoms with E-state index in [2.05, 4.69) is 27.6 Å². The number of pyridine rings is 1. The molecular weight excluding hydrogens is 324 g/mol. The number of benzene rings is 1. The minimum atomic E-state index is 0.429. The number of ether oxygens (including phenoxy) is 1. The summed E-state index contributed by atoms with van der Waals surface area (Å²) in [6.45, 7) is 0. The lowest BCUT2D eigenvalue weighted by atomic mass is 10.3. The SMILES string of the molecule is Clc1cccc(Oc2cccc(I)c2)n1. The summed E-state index contributed by atoms with van der Waals surface area (Å²) in [4.78, 5) is 4.04. The number of aromatic nitrogens is 1. The van der Waals surface area contributed by atoms with Gasteiger partial charge in [-0.3, -0.25) is 0 Å². The molecule has 0 unspecified atom stereocenters. The van der Waals surface area contributed by atoms with Gasteiger partial charge < -0.3 is 4.74 Å². The van der Waals surface area contributed by atoms with Gasteiger partial charge in [-0.2, -0.15) is 0 Å². The topological polar surface area (TPSA) is 22.1 Å². The highest BCUT2D eigenvalue weighted by Gasteiger charge is 1.99. The summed E-state index contributed by atoms with van der Waals surface area (Å²) < 4.78 is 6.66. The molecule has 2 rings (SSSR count). The van der Waals surface area contributed by atoms with Crippen LogP contribution in [0.4, 0.5) is 0 Å². The van der Waals surface area contributed by atoms with Crippen LogP contribution in [-0.2, 0) is 0 Å². The number of halogens is 2. The molecule has 0 radical (unpaired) electrons. The van der Waals surface area contributed by atoms with Gasteiger partial charge in [0.25, 0.3) is 0 Å². The molecule has 1 heterocycles. The second kappa shape index (κ2) is 4.81. The van der Waals surface area contributed by atoms with E-state index in [1.807, 2.05) is 24.3 Å². The van der Waals surface area contributed by atoms with Gasteiger partial charge in [0, 0.05) is 9.64 Å². The van der Waals surface area contributed by atoms with Gasteiger partial charge in [0.2, 0.25) is 5.88 Å². The fourth-order valence-corrected chi connectivity index (χ4v) is 1.77. The third kappa shape index (κ3) is 3.07. The van der Waals surface area contributed by atoms with Crippen molar-refractivity contribution in [3.05, 3.63) is 51.2 Å². The molecule has 0 amide bonds. The highest BCUT2D eigenvalue weighted by molar-refractivity contribution is 14.1. The summed E-state index contributed by atoms with van der Waals surface area (Å²) in [5.41, 5.74) is 0. The van der Waals surface area contributed by atoms with Crippen LogP contribution in [0.1, 0.15) is 0 Å². The van der Waals surface area contributed by atoms with Crippen LogP contribution in [0.15, 0.2) is 42.5 Å². The molecule has 0 aliphatic carbocycles. The Morgan fingerprint density at radius 1 is 1.13 bits per heavy atom. The van der Waals surface area contributed by atoms with Crippen molar-refractivity contribution in [1.29, 1.82) is 0 Å². The maximum absolute atomic E-state index is 5.75. The van der Waals surface area contributed by atoms with Crippen LogP contribution in [0.5, 0.6) is 11.6 Å². The van der Waals surface area contributed by atoms with E-state index >= 15 is 0 Å². The van der Waals surface area contributed by atoms with E-state index in [4.69, 9.17) is 16.3 Å². The van der Waals surface area contributed by atoms with E-state index in [9.17, 15) is 0 Å². The van der Waals surface area contributed by atoms with Crippen molar-refractivity contribution in [2.75, 3.05) is 0 Å². The van der Waals surface area contributed by atoms with Crippen molar-refractivity contribution in [1.82, 2.24) is 4.98 Å². The second-order valence-electron chi connectivity index (χ2n) is 2.86. The van der Waals surface area contributed by atoms with Gasteiger partial charge in [-0.15, -0.1) is 0 Å². The Bertz CT molecular complexity index is 432. The highest BCUT2D eigenvalue weighted by Crippen LogP contribution is 2.22. The number of hydrogen-bond acceptors (Lipinski definition) is 2. The Morgan fingerprint density at radius 3 is 2.67 bits per heavy atom. The smallest absolute Gasteiger partial charge is 0.220 e. The van der Waals surface area contributed by atoms with Crippen molar-refractivity contribution in [2.24, 2.45) is 0 Å². The number of rotatable bonds is 2. The van der Waals surface area contributed by atoms with E-state index < -0.39 is 0 Å². The van der Waals surface area contributed by atoms with Gasteiger partial charge >= 0.3 is 0 Å². The van der Waals surface area contributed by atoms with Gasteiger partial charge in [-0.25, -0.2) is 4.98 Å². The first kappa shape index (κ1) is 10.7. The maximum atomic E-state index is 5.75. The molecule has 0 saturated heterocycles. The van der Waals surface area contributed by atoms with Crippen molar-refractivity contribution in [3.8, 4) is 11.6 Å². The Hall–Kier alpha value is -0.810. The summed E-state index contributed by atoms with van der Waals surface area (Å²) in [5.74, 6) is 1.26. The van der Waals surface area contributed by atoms with Gasteiger partial charge in [0.1, 0.15) is 10.9 Å². The van der Waals surface area contributed by atoms with Crippen LogP contribution in [0.3, 0.4) is 0 Å². The molecule has 0 spiro atoms. The zero-order valence-electron chi connectivity index (χ0n) is 7.65. The molecule has 2 aromatic rings. The van der Waals surface area contributed by atoms with Crippen LogP contribution < -0.4 is 4.74 Å². The predicted octanol–water partition coefficient (Wildman–Crippen LogP) is 4.13. The minimum absolute atomic E-state index is 0.429. The lowest BCUT2D eigenvalue weighted by molar-refractivity contribution is 0.463. The third-order valence-corrected chi connectivity index (χ3v) is 2.59. The Morgan fingerprint density at radius 2 is 1.93 bits per heavy atom. The third-order valence-electron chi connectivity index (χ3n) is 1.71. The largest absolute Gasteiger partial charge is 0.439 e. The lowest BCUT2D eigenvalue weighted by Crippen LogP contribution is -1.87. The van der Waals surface area contributed by atoms with Gasteiger partial charge in [0.05, 0.1) is 0 Å². The normalized spacial score (nSPS) is 10.0. The first-order valence-corrected chi connectivity index (χ1v) is 5.76. The molecule has 0 fully saturated rings. The van der Waals surface area contributed by atoms with Gasteiger partial charge in [-0.05, 0) is 46.9 Å². The van der Waals surface area contributed by atoms with Crippen molar-refractivity contribution in [2.45, 2.75) is 0 Å². The molecule has 15 heavy (non-hydrogen) atoms. The molecule has 1 aromatic carbocycles. The molecule has 0 atom stereocenters. The van der Waals surface area contributed by atoms with Crippen molar-refractivity contribution in [3.63, 3.8) is 0 Å². The molecule has 0 aliphatic rings. The summed E-state index contributed by atoms with van der Waals surface area (Å²) >= 11 is 7.98. The number of hydrogen-bond donors (Lipinski definition) is 0. The van der Waals surface area contributed by atoms with Crippen LogP contribution in [0, 0.1) is 3.57 Å². The van der Waals surface area contributed by atoms with E-state index in [0.717, 1.165) is 9.32 Å². The van der Waals surface area contributed by atoms with E-state index in [-0.39, 0.29) is 0 Å². The van der Waals surface area contributed by atoms with Crippen LogP contribution in [-0.4, -0.2) is 4.98 Å². The summed E-state index contributed by atoms with van der Waals surface area (Å²) in [6, 6.07) is 13.0. The zero-order chi connectivity index (χ0) is 10.7. The zero-order valence-corrected chi connectivity index (χ0v) is 10.6. The molecule has 76 valence electrons. The second-order valence-corrected chi connectivity index (χ2v) is 4.49. The molecule has 0 N–H and O–H groups in total. The van der Waals surface area contributed by atoms with Gasteiger partial charge in [-0.1, -0.05) is 23.7 Å². The molecule has 4 heteroatoms. The minimum Gasteiger partial charge on any atom is -0.439 e. The average molecular weight is 332 g/mol. The predicted molar refractivity (Wildman–Crippen MR) is 68.5 cm³/mol. The summed E-state index contributed by atoms with van der Waals surface area (Å²) in [6.07, 6.45) is 0. The van der Waals surface area contributed by atoms with E-state index in [1.165, 1.54) is 0 Å². The molecule has 0 bridgehead atoms. The molecule has 2 nitrogen and oxygen atoms in total. The summed E-state index contributed by atoms with van der Waals surface area (Å²) in [7, 11) is 0. The Labute approximate surface area is 106 Å². The summed E-state index contributed by atoms with van der Waals surface area (Å²) in [5, 5.41) is 0.429. The quantitative estimate of drug-likeness (QED) is 0.610. The van der Waals surface area contributed by atoms with Crippen molar-refractivity contribution < 1.29 is 4.74 Å². The fourth-order valence-electron chi connectivity index (χ4n) is 1.10. The molecular formula is C11H7ClINO. The number of nitrogens with zero attached hydrogens (tertiary/aromatic N) is 1. The molecule has 0 saturated carbocycles. The van der Waals surface area contributed by atoms with E-state index in [0.29, 0.717) is 11.0 Å².